The van der Waals surface area contributed by atoms with Gasteiger partial charge in [0.25, 0.3) is 0 Å². The molecule has 0 bridgehead atoms. The zero-order valence-electron chi connectivity index (χ0n) is 19.7. The Labute approximate surface area is 196 Å². The second-order valence-electron chi connectivity index (χ2n) is 10.6. The van der Waals surface area contributed by atoms with Crippen molar-refractivity contribution in [3.63, 3.8) is 0 Å². The Morgan fingerprint density at radius 2 is 1.94 bits per heavy atom. The zero-order chi connectivity index (χ0) is 23.0. The molecule has 4 aliphatic rings. The number of piperazine rings is 1. The number of benzene rings is 1. The van der Waals surface area contributed by atoms with Crippen LogP contribution in [0.3, 0.4) is 0 Å². The van der Waals surface area contributed by atoms with Gasteiger partial charge in [0, 0.05) is 25.2 Å². The van der Waals surface area contributed by atoms with Crippen molar-refractivity contribution >= 4 is 12.0 Å². The van der Waals surface area contributed by atoms with Crippen molar-refractivity contribution in [2.75, 3.05) is 26.2 Å². The molecule has 0 aromatic heterocycles. The molecule has 1 spiro atoms. The Kier molecular flexibility index (Phi) is 6.36. The monoisotopic (exact) mass is 455 g/mol. The minimum Gasteiger partial charge on any atom is -0.445 e. The van der Waals surface area contributed by atoms with Crippen LogP contribution in [0.5, 0.6) is 0 Å². The quantitative estimate of drug-likeness (QED) is 0.714. The third kappa shape index (κ3) is 4.62. The molecule has 7 nitrogen and oxygen atoms in total. The van der Waals surface area contributed by atoms with Crippen molar-refractivity contribution in [3.05, 3.63) is 35.9 Å². The fourth-order valence-corrected chi connectivity index (χ4v) is 6.13. The van der Waals surface area contributed by atoms with Gasteiger partial charge in [0.15, 0.2) is 0 Å². The zero-order valence-corrected chi connectivity index (χ0v) is 19.7. The van der Waals surface area contributed by atoms with Crippen LogP contribution in [0.4, 0.5) is 4.79 Å². The number of fused-ring (bicyclic) bond motifs is 1. The van der Waals surface area contributed by atoms with Crippen LogP contribution in [0.25, 0.3) is 0 Å². The van der Waals surface area contributed by atoms with Gasteiger partial charge in [-0.05, 0) is 75.9 Å². The average Bonchev–Trinajstić information content (AvgIpc) is 3.50. The number of hydrogen-bond acceptors (Lipinski definition) is 5. The van der Waals surface area contributed by atoms with Crippen LogP contribution in [0.1, 0.15) is 57.4 Å². The predicted octanol–water partition coefficient (Wildman–Crippen LogP) is 3.01. The van der Waals surface area contributed by atoms with E-state index in [0.29, 0.717) is 6.54 Å². The molecule has 1 aromatic rings. The lowest BCUT2D eigenvalue weighted by Gasteiger charge is -2.43. The lowest BCUT2D eigenvalue weighted by molar-refractivity contribution is -0.144. The van der Waals surface area contributed by atoms with Gasteiger partial charge in [-0.25, -0.2) is 4.79 Å². The number of amides is 2. The first-order valence-electron chi connectivity index (χ1n) is 12.7. The van der Waals surface area contributed by atoms with Crippen molar-refractivity contribution in [1.29, 1.82) is 0 Å². The maximum Gasteiger partial charge on any atom is 0.410 e. The summed E-state index contributed by atoms with van der Waals surface area (Å²) < 4.78 is 5.51. The van der Waals surface area contributed by atoms with E-state index in [0.717, 1.165) is 57.3 Å². The van der Waals surface area contributed by atoms with Gasteiger partial charge in [0.1, 0.15) is 12.6 Å². The molecule has 3 unspecified atom stereocenters. The molecule has 33 heavy (non-hydrogen) atoms. The number of piperidine rings is 1. The molecule has 1 aromatic carbocycles. The van der Waals surface area contributed by atoms with E-state index in [4.69, 9.17) is 4.74 Å². The second-order valence-corrected chi connectivity index (χ2v) is 10.6. The summed E-state index contributed by atoms with van der Waals surface area (Å²) in [5.74, 6) is 0.0504. The van der Waals surface area contributed by atoms with Gasteiger partial charge < -0.3 is 19.6 Å². The Bertz CT molecular complexity index is 858. The van der Waals surface area contributed by atoms with Gasteiger partial charge in [-0.2, -0.15) is 0 Å². The maximum absolute atomic E-state index is 13.2. The Morgan fingerprint density at radius 1 is 1.15 bits per heavy atom. The highest BCUT2D eigenvalue weighted by Crippen LogP contribution is 2.53. The van der Waals surface area contributed by atoms with Gasteiger partial charge in [-0.15, -0.1) is 0 Å². The Hall–Kier alpha value is -2.12. The molecule has 3 aliphatic heterocycles. The van der Waals surface area contributed by atoms with E-state index in [1.165, 1.54) is 12.8 Å². The first-order chi connectivity index (χ1) is 16.0. The number of β-amino-alcohol motifs (C(OH)–C–C–N with tert-alkyl or cyclic N) is 1. The maximum atomic E-state index is 13.2. The fraction of sp³-hybridized carbons (Fsp3) is 0.692. The molecule has 5 rings (SSSR count). The highest BCUT2D eigenvalue weighted by Gasteiger charge is 2.51. The summed E-state index contributed by atoms with van der Waals surface area (Å²) in [6, 6.07) is 9.49. The molecule has 1 N–H and O–H groups in total. The molecule has 1 saturated carbocycles. The lowest BCUT2D eigenvalue weighted by Crippen LogP contribution is -2.61. The van der Waals surface area contributed by atoms with Crippen molar-refractivity contribution in [3.8, 4) is 0 Å². The van der Waals surface area contributed by atoms with Gasteiger partial charge in [0.05, 0.1) is 6.10 Å². The van der Waals surface area contributed by atoms with Crippen LogP contribution in [0, 0.1) is 5.41 Å². The summed E-state index contributed by atoms with van der Waals surface area (Å²) in [6.45, 7) is 5.47. The van der Waals surface area contributed by atoms with E-state index in [2.05, 4.69) is 9.80 Å². The second kappa shape index (κ2) is 9.26. The first-order valence-corrected chi connectivity index (χ1v) is 12.7. The third-order valence-corrected chi connectivity index (χ3v) is 8.51. The van der Waals surface area contributed by atoms with E-state index in [9.17, 15) is 14.7 Å². The van der Waals surface area contributed by atoms with Crippen LogP contribution in [-0.4, -0.2) is 82.2 Å². The average molecular weight is 456 g/mol. The summed E-state index contributed by atoms with van der Waals surface area (Å²) in [5, 5.41) is 10.4. The number of carbonyl (C=O) groups is 2. The molecule has 2 amide bonds. The first kappa shape index (κ1) is 22.7. The van der Waals surface area contributed by atoms with Gasteiger partial charge >= 0.3 is 6.09 Å². The molecular formula is C26H37N3O4. The SMILES string of the molecule is CC1C(=O)N2C(CCCN3CCC4(CC4)[C@H](O)C3)CCC2CN1C(=O)OCc1ccccc1. The minimum atomic E-state index is -0.489. The smallest absolute Gasteiger partial charge is 0.410 e. The molecule has 7 heteroatoms. The van der Waals surface area contributed by atoms with Crippen molar-refractivity contribution in [2.24, 2.45) is 5.41 Å². The number of hydrogen-bond donors (Lipinski definition) is 1. The van der Waals surface area contributed by atoms with Gasteiger partial charge in [-0.1, -0.05) is 30.3 Å². The Morgan fingerprint density at radius 3 is 2.67 bits per heavy atom. The standard InChI is InChI=1S/C26H37N3O4/c1-19-24(31)29-21(8-5-14-27-15-13-26(11-12-26)23(30)17-27)9-10-22(29)16-28(19)25(32)33-18-20-6-3-2-4-7-20/h2-4,6-7,19,21-23,30H,5,8-18H2,1H3/t19?,21?,22?,23-/m1/s1. The number of ether oxygens (including phenoxy) is 1. The molecule has 180 valence electrons. The molecule has 1 aliphatic carbocycles. The topological polar surface area (TPSA) is 73.3 Å². The fourth-order valence-electron chi connectivity index (χ4n) is 6.13. The summed E-state index contributed by atoms with van der Waals surface area (Å²) in [6.07, 6.45) is 6.91. The third-order valence-electron chi connectivity index (χ3n) is 8.51. The van der Waals surface area contributed by atoms with Crippen molar-refractivity contribution in [2.45, 2.75) is 82.7 Å². The molecular weight excluding hydrogens is 418 g/mol. The Balaban J connectivity index is 1.10. The minimum absolute atomic E-state index is 0.0504. The van der Waals surface area contributed by atoms with E-state index < -0.39 is 12.1 Å². The summed E-state index contributed by atoms with van der Waals surface area (Å²) in [7, 11) is 0. The van der Waals surface area contributed by atoms with E-state index in [1.54, 1.807) is 4.90 Å². The summed E-state index contributed by atoms with van der Waals surface area (Å²) in [4.78, 5) is 32.0. The van der Waals surface area contributed by atoms with Crippen LogP contribution in [-0.2, 0) is 16.1 Å². The number of aliphatic hydroxyl groups excluding tert-OH is 1. The molecule has 4 fully saturated rings. The normalized spacial score (nSPS) is 31.0. The lowest BCUT2D eigenvalue weighted by atomic mass is 9.90. The van der Waals surface area contributed by atoms with Crippen LogP contribution >= 0.6 is 0 Å². The highest BCUT2D eigenvalue weighted by atomic mass is 16.6. The molecule has 3 heterocycles. The summed E-state index contributed by atoms with van der Waals surface area (Å²) in [5.41, 5.74) is 1.19. The number of carbonyl (C=O) groups excluding carboxylic acids is 2. The number of aliphatic hydroxyl groups is 1. The molecule has 0 radical (unpaired) electrons. The van der Waals surface area contributed by atoms with Crippen molar-refractivity contribution < 1.29 is 19.4 Å². The highest BCUT2D eigenvalue weighted by molar-refractivity contribution is 5.87. The predicted molar refractivity (Wildman–Crippen MR) is 124 cm³/mol. The largest absolute Gasteiger partial charge is 0.445 e. The molecule has 3 saturated heterocycles. The van der Waals surface area contributed by atoms with E-state index >= 15 is 0 Å². The number of likely N-dealkylation sites (tertiary alicyclic amines) is 1. The van der Waals surface area contributed by atoms with Crippen LogP contribution in [0.2, 0.25) is 0 Å². The molecule has 4 atom stereocenters. The number of rotatable bonds is 6. The van der Waals surface area contributed by atoms with Crippen molar-refractivity contribution in [1.82, 2.24) is 14.7 Å². The van der Waals surface area contributed by atoms with Gasteiger partial charge in [0.2, 0.25) is 5.91 Å². The van der Waals surface area contributed by atoms with Crippen LogP contribution < -0.4 is 0 Å². The van der Waals surface area contributed by atoms with Crippen LogP contribution in [0.15, 0.2) is 30.3 Å². The summed E-state index contributed by atoms with van der Waals surface area (Å²) >= 11 is 0. The van der Waals surface area contributed by atoms with Gasteiger partial charge in [-0.3, -0.25) is 9.69 Å². The van der Waals surface area contributed by atoms with E-state index in [1.807, 2.05) is 37.3 Å². The number of nitrogens with zero attached hydrogens (tertiary/aromatic N) is 3. The van der Waals surface area contributed by atoms with E-state index in [-0.39, 0.29) is 36.1 Å².